The number of hydrogen-bond acceptors (Lipinski definition) is 4. The maximum atomic E-state index is 11.3. The smallest absolute Gasteiger partial charge is 0.252 e. The minimum atomic E-state index is -0.0854. The summed E-state index contributed by atoms with van der Waals surface area (Å²) in [6.07, 6.45) is 7.01. The Hall–Kier alpha value is -0.970. The standard InChI is InChI=1S/C12H19N3OS/c1-8-13-11(7-12(16)14-8)15-9-3-5-10(17-2)6-4-9/h7,9-10H,3-6H2,1-2H3,(H2,13,14,15,16). The fraction of sp³-hybridized carbons (Fsp3) is 0.667. The molecule has 0 saturated heterocycles. The number of H-pyrrole nitrogens is 1. The third-order valence-electron chi connectivity index (χ3n) is 3.22. The second-order valence-corrected chi connectivity index (χ2v) is 5.71. The van der Waals surface area contributed by atoms with Gasteiger partial charge < -0.3 is 10.3 Å². The van der Waals surface area contributed by atoms with E-state index in [4.69, 9.17) is 0 Å². The van der Waals surface area contributed by atoms with E-state index in [1.165, 1.54) is 31.7 Å². The molecule has 0 radical (unpaired) electrons. The zero-order chi connectivity index (χ0) is 12.3. The largest absolute Gasteiger partial charge is 0.367 e. The number of nitrogens with one attached hydrogen (secondary N) is 2. The van der Waals surface area contributed by atoms with Gasteiger partial charge in [0.2, 0.25) is 0 Å². The molecule has 1 saturated carbocycles. The number of anilines is 1. The normalized spacial score (nSPS) is 24.6. The molecule has 4 nitrogen and oxygen atoms in total. The lowest BCUT2D eigenvalue weighted by Crippen LogP contribution is -2.28. The molecule has 94 valence electrons. The van der Waals surface area contributed by atoms with Crippen LogP contribution in [0.4, 0.5) is 5.82 Å². The number of hydrogen-bond donors (Lipinski definition) is 2. The van der Waals surface area contributed by atoms with Crippen LogP contribution >= 0.6 is 11.8 Å². The summed E-state index contributed by atoms with van der Waals surface area (Å²) >= 11 is 1.96. The van der Waals surface area contributed by atoms with Crippen LogP contribution in [0.25, 0.3) is 0 Å². The molecule has 0 aliphatic heterocycles. The topological polar surface area (TPSA) is 57.8 Å². The first-order chi connectivity index (χ1) is 8.17. The second-order valence-electron chi connectivity index (χ2n) is 4.57. The molecule has 1 aromatic heterocycles. The fourth-order valence-corrected chi connectivity index (χ4v) is 3.05. The first-order valence-electron chi connectivity index (χ1n) is 6.04. The van der Waals surface area contributed by atoms with Crippen molar-refractivity contribution in [2.45, 2.75) is 43.9 Å². The van der Waals surface area contributed by atoms with E-state index in [9.17, 15) is 4.79 Å². The molecule has 5 heteroatoms. The minimum absolute atomic E-state index is 0.0854. The molecule has 0 amide bonds. The molecule has 1 aromatic rings. The molecule has 2 rings (SSSR count). The summed E-state index contributed by atoms with van der Waals surface area (Å²) in [6.45, 7) is 1.80. The van der Waals surface area contributed by atoms with Crippen molar-refractivity contribution >= 4 is 17.6 Å². The number of nitrogens with zero attached hydrogens (tertiary/aromatic N) is 1. The van der Waals surface area contributed by atoms with Gasteiger partial charge in [-0.15, -0.1) is 0 Å². The van der Waals surface area contributed by atoms with Gasteiger partial charge in [-0.25, -0.2) is 4.98 Å². The van der Waals surface area contributed by atoms with Crippen molar-refractivity contribution in [1.29, 1.82) is 0 Å². The zero-order valence-corrected chi connectivity index (χ0v) is 11.1. The van der Waals surface area contributed by atoms with E-state index in [1.54, 1.807) is 6.92 Å². The first-order valence-corrected chi connectivity index (χ1v) is 7.33. The van der Waals surface area contributed by atoms with Crippen LogP contribution in [0.2, 0.25) is 0 Å². The summed E-state index contributed by atoms with van der Waals surface area (Å²) in [4.78, 5) is 18.3. The third-order valence-corrected chi connectivity index (χ3v) is 4.36. The average Bonchev–Trinajstić information content (AvgIpc) is 2.28. The van der Waals surface area contributed by atoms with Gasteiger partial charge in [0.1, 0.15) is 11.6 Å². The van der Waals surface area contributed by atoms with Crippen molar-refractivity contribution in [3.05, 3.63) is 22.2 Å². The quantitative estimate of drug-likeness (QED) is 0.866. The Bertz CT molecular complexity index is 424. The molecule has 1 aliphatic rings. The molecule has 0 atom stereocenters. The van der Waals surface area contributed by atoms with Gasteiger partial charge in [0.05, 0.1) is 0 Å². The van der Waals surface area contributed by atoms with Crippen molar-refractivity contribution in [2.24, 2.45) is 0 Å². The molecular formula is C12H19N3OS. The van der Waals surface area contributed by atoms with E-state index in [2.05, 4.69) is 21.5 Å². The highest BCUT2D eigenvalue weighted by Gasteiger charge is 2.20. The van der Waals surface area contributed by atoms with E-state index in [1.807, 2.05) is 11.8 Å². The van der Waals surface area contributed by atoms with Crippen LogP contribution in [0.5, 0.6) is 0 Å². The van der Waals surface area contributed by atoms with Crippen LogP contribution in [0.1, 0.15) is 31.5 Å². The molecule has 1 aliphatic carbocycles. The highest BCUT2D eigenvalue weighted by Crippen LogP contribution is 2.28. The van der Waals surface area contributed by atoms with Gasteiger partial charge >= 0.3 is 0 Å². The van der Waals surface area contributed by atoms with Crippen LogP contribution in [0.15, 0.2) is 10.9 Å². The first kappa shape index (κ1) is 12.5. The maximum Gasteiger partial charge on any atom is 0.252 e. The van der Waals surface area contributed by atoms with Crippen molar-refractivity contribution in [2.75, 3.05) is 11.6 Å². The predicted octanol–water partition coefficient (Wildman–Crippen LogP) is 2.16. The molecule has 0 bridgehead atoms. The highest BCUT2D eigenvalue weighted by molar-refractivity contribution is 7.99. The molecule has 1 fully saturated rings. The third kappa shape index (κ3) is 3.49. The van der Waals surface area contributed by atoms with E-state index < -0.39 is 0 Å². The van der Waals surface area contributed by atoms with Gasteiger partial charge in [-0.05, 0) is 38.9 Å². The number of rotatable bonds is 3. The lowest BCUT2D eigenvalue weighted by atomic mass is 9.95. The van der Waals surface area contributed by atoms with Crippen molar-refractivity contribution in [3.8, 4) is 0 Å². The number of thioether (sulfide) groups is 1. The predicted molar refractivity (Wildman–Crippen MR) is 72.8 cm³/mol. The molecule has 0 spiro atoms. The van der Waals surface area contributed by atoms with Gasteiger partial charge in [0.15, 0.2) is 0 Å². The second kappa shape index (κ2) is 5.58. The van der Waals surface area contributed by atoms with Crippen molar-refractivity contribution in [1.82, 2.24) is 9.97 Å². The van der Waals surface area contributed by atoms with Gasteiger partial charge in [-0.3, -0.25) is 4.79 Å². The number of aryl methyl sites for hydroxylation is 1. The maximum absolute atomic E-state index is 11.3. The molecule has 1 heterocycles. The van der Waals surface area contributed by atoms with E-state index in [0.29, 0.717) is 17.7 Å². The summed E-state index contributed by atoms with van der Waals surface area (Å²) in [5.74, 6) is 1.37. The van der Waals surface area contributed by atoms with E-state index in [-0.39, 0.29) is 5.56 Å². The Morgan fingerprint density at radius 1 is 1.41 bits per heavy atom. The van der Waals surface area contributed by atoms with Crippen molar-refractivity contribution in [3.63, 3.8) is 0 Å². The Morgan fingerprint density at radius 3 is 2.71 bits per heavy atom. The number of aromatic nitrogens is 2. The highest BCUT2D eigenvalue weighted by atomic mass is 32.2. The molecule has 0 unspecified atom stereocenters. The lowest BCUT2D eigenvalue weighted by molar-refractivity contribution is 0.472. The van der Waals surface area contributed by atoms with E-state index >= 15 is 0 Å². The van der Waals surface area contributed by atoms with Gasteiger partial charge in [0.25, 0.3) is 5.56 Å². The Labute approximate surface area is 106 Å². The minimum Gasteiger partial charge on any atom is -0.367 e. The SMILES string of the molecule is CSC1CCC(Nc2cc(=O)[nH]c(C)n2)CC1. The molecular weight excluding hydrogens is 234 g/mol. The zero-order valence-electron chi connectivity index (χ0n) is 10.3. The van der Waals surface area contributed by atoms with Gasteiger partial charge in [-0.1, -0.05) is 0 Å². The number of aromatic amines is 1. The summed E-state index contributed by atoms with van der Waals surface area (Å²) in [5, 5.41) is 4.17. The summed E-state index contributed by atoms with van der Waals surface area (Å²) < 4.78 is 0. The van der Waals surface area contributed by atoms with Crippen LogP contribution in [0, 0.1) is 6.92 Å². The van der Waals surface area contributed by atoms with Gasteiger partial charge in [0, 0.05) is 17.4 Å². The summed E-state index contributed by atoms with van der Waals surface area (Å²) in [5.41, 5.74) is -0.0854. The van der Waals surface area contributed by atoms with E-state index in [0.717, 1.165) is 5.25 Å². The van der Waals surface area contributed by atoms with Crippen molar-refractivity contribution < 1.29 is 0 Å². The van der Waals surface area contributed by atoms with Crippen LogP contribution in [0.3, 0.4) is 0 Å². The molecule has 17 heavy (non-hydrogen) atoms. The van der Waals surface area contributed by atoms with Crippen LogP contribution in [-0.2, 0) is 0 Å². The monoisotopic (exact) mass is 253 g/mol. The average molecular weight is 253 g/mol. The van der Waals surface area contributed by atoms with Crippen LogP contribution < -0.4 is 10.9 Å². The Morgan fingerprint density at radius 2 is 2.12 bits per heavy atom. The van der Waals surface area contributed by atoms with Crippen LogP contribution in [-0.4, -0.2) is 27.5 Å². The molecule has 0 aromatic carbocycles. The summed E-state index contributed by atoms with van der Waals surface area (Å²) in [6, 6.07) is 2.00. The Kier molecular flexibility index (Phi) is 4.10. The Balaban J connectivity index is 1.95. The summed E-state index contributed by atoms with van der Waals surface area (Å²) in [7, 11) is 0. The molecule has 2 N–H and O–H groups in total. The lowest BCUT2D eigenvalue weighted by Gasteiger charge is -2.28. The van der Waals surface area contributed by atoms with Gasteiger partial charge in [-0.2, -0.15) is 11.8 Å². The fourth-order valence-electron chi connectivity index (χ4n) is 2.31.